The van der Waals surface area contributed by atoms with Crippen molar-refractivity contribution in [2.24, 2.45) is 4.99 Å². The topological polar surface area (TPSA) is 45.7 Å². The Morgan fingerprint density at radius 2 is 1.72 bits per heavy atom. The second-order valence-electron chi connectivity index (χ2n) is 5.19. The zero-order valence-corrected chi connectivity index (χ0v) is 16.4. The summed E-state index contributed by atoms with van der Waals surface area (Å²) in [5.74, 6) is 0.741. The molecule has 0 aliphatic rings. The highest BCUT2D eigenvalue weighted by molar-refractivity contribution is 14.0. The van der Waals surface area contributed by atoms with Crippen molar-refractivity contribution in [1.82, 2.24) is 10.6 Å². The number of para-hydroxylation sites is 1. The molecule has 0 aromatic heterocycles. The predicted octanol–water partition coefficient (Wildman–Crippen LogP) is 4.33. The summed E-state index contributed by atoms with van der Waals surface area (Å²) in [6.07, 6.45) is 0. The number of nitrogens with zero attached hydrogens (tertiary/aromatic N) is 1. The van der Waals surface area contributed by atoms with Gasteiger partial charge in [0.2, 0.25) is 0 Å². The average molecular weight is 461 g/mol. The van der Waals surface area contributed by atoms with Gasteiger partial charge in [0.05, 0.1) is 6.04 Å². The molecule has 0 fully saturated rings. The van der Waals surface area contributed by atoms with Crippen LogP contribution < -0.4 is 15.4 Å². The minimum Gasteiger partial charge on any atom is -0.434 e. The Morgan fingerprint density at radius 1 is 1.08 bits per heavy atom. The zero-order valence-electron chi connectivity index (χ0n) is 14.1. The molecule has 1 unspecified atom stereocenters. The highest BCUT2D eigenvalue weighted by Crippen LogP contribution is 2.20. The molecule has 0 aliphatic carbocycles. The number of benzene rings is 2. The monoisotopic (exact) mass is 461 g/mol. The normalized spacial score (nSPS) is 12.3. The summed E-state index contributed by atoms with van der Waals surface area (Å²) in [4.78, 5) is 4.16. The first-order valence-corrected chi connectivity index (χ1v) is 7.65. The lowest BCUT2D eigenvalue weighted by Crippen LogP contribution is -2.38. The van der Waals surface area contributed by atoms with E-state index in [2.05, 4.69) is 20.4 Å². The minimum atomic E-state index is -2.85. The molecule has 0 radical (unpaired) electrons. The standard InChI is InChI=1S/C18H21F2N3O.HI/c1-13(14-8-4-3-5-9-14)23-18(21-2)22-12-15-10-6-7-11-16(15)24-17(19)20;/h3-11,13,17H,12H2,1-2H3,(H2,21,22,23);1H. The van der Waals surface area contributed by atoms with Crippen molar-refractivity contribution < 1.29 is 13.5 Å². The van der Waals surface area contributed by atoms with E-state index in [9.17, 15) is 8.78 Å². The van der Waals surface area contributed by atoms with E-state index in [-0.39, 0.29) is 35.8 Å². The third-order valence-corrected chi connectivity index (χ3v) is 3.51. The van der Waals surface area contributed by atoms with Gasteiger partial charge in [-0.2, -0.15) is 8.78 Å². The first kappa shape index (κ1) is 21.1. The molecule has 0 aliphatic heterocycles. The smallest absolute Gasteiger partial charge is 0.387 e. The van der Waals surface area contributed by atoms with Gasteiger partial charge < -0.3 is 15.4 Å². The summed E-state index contributed by atoms with van der Waals surface area (Å²) in [5, 5.41) is 6.38. The number of nitrogens with one attached hydrogen (secondary N) is 2. The molecule has 136 valence electrons. The molecule has 0 saturated carbocycles. The lowest BCUT2D eigenvalue weighted by Gasteiger charge is -2.19. The molecule has 4 nitrogen and oxygen atoms in total. The van der Waals surface area contributed by atoms with E-state index in [1.54, 1.807) is 25.2 Å². The van der Waals surface area contributed by atoms with E-state index in [4.69, 9.17) is 0 Å². The summed E-state index contributed by atoms with van der Waals surface area (Å²) >= 11 is 0. The Balaban J connectivity index is 0.00000312. The summed E-state index contributed by atoms with van der Waals surface area (Å²) in [5.41, 5.74) is 1.76. The van der Waals surface area contributed by atoms with Crippen LogP contribution in [0.3, 0.4) is 0 Å². The molecule has 0 saturated heterocycles. The maximum atomic E-state index is 12.4. The van der Waals surface area contributed by atoms with Gasteiger partial charge in [0.15, 0.2) is 5.96 Å². The number of guanidine groups is 1. The SMILES string of the molecule is CN=C(NCc1ccccc1OC(F)F)NC(C)c1ccccc1.I. The summed E-state index contributed by atoms with van der Waals surface area (Å²) in [6, 6.07) is 16.7. The number of rotatable bonds is 6. The van der Waals surface area contributed by atoms with Crippen LogP contribution >= 0.6 is 24.0 Å². The third kappa shape index (κ3) is 6.85. The van der Waals surface area contributed by atoms with Gasteiger partial charge in [-0.25, -0.2) is 0 Å². The lowest BCUT2D eigenvalue weighted by molar-refractivity contribution is -0.0504. The van der Waals surface area contributed by atoms with Crippen molar-refractivity contribution in [3.05, 3.63) is 65.7 Å². The van der Waals surface area contributed by atoms with Crippen LogP contribution in [-0.4, -0.2) is 19.6 Å². The van der Waals surface area contributed by atoms with E-state index in [1.165, 1.54) is 6.07 Å². The molecule has 25 heavy (non-hydrogen) atoms. The first-order valence-electron chi connectivity index (χ1n) is 7.65. The molecule has 0 spiro atoms. The van der Waals surface area contributed by atoms with Crippen molar-refractivity contribution >= 4 is 29.9 Å². The number of ether oxygens (including phenoxy) is 1. The van der Waals surface area contributed by atoms with Crippen molar-refractivity contribution in [2.45, 2.75) is 26.1 Å². The first-order chi connectivity index (χ1) is 11.6. The van der Waals surface area contributed by atoms with E-state index in [0.717, 1.165) is 5.56 Å². The molecule has 2 aromatic rings. The number of halogens is 3. The highest BCUT2D eigenvalue weighted by Gasteiger charge is 2.11. The summed E-state index contributed by atoms with van der Waals surface area (Å²) < 4.78 is 29.4. The van der Waals surface area contributed by atoms with Crippen LogP contribution in [0.2, 0.25) is 0 Å². The Labute approximate surface area is 163 Å². The van der Waals surface area contributed by atoms with Crippen LogP contribution in [0.4, 0.5) is 8.78 Å². The van der Waals surface area contributed by atoms with Crippen LogP contribution in [0.15, 0.2) is 59.6 Å². The summed E-state index contributed by atoms with van der Waals surface area (Å²) in [6.45, 7) is -0.498. The number of hydrogen-bond donors (Lipinski definition) is 2. The zero-order chi connectivity index (χ0) is 17.4. The van der Waals surface area contributed by atoms with Gasteiger partial charge in [0.25, 0.3) is 0 Å². The van der Waals surface area contributed by atoms with Crippen LogP contribution in [0, 0.1) is 0 Å². The van der Waals surface area contributed by atoms with E-state index >= 15 is 0 Å². The molecular formula is C18H22F2IN3O. The Hall–Kier alpha value is -1.90. The van der Waals surface area contributed by atoms with Gasteiger partial charge in [-0.1, -0.05) is 48.5 Å². The van der Waals surface area contributed by atoms with Crippen molar-refractivity contribution in [2.75, 3.05) is 7.05 Å². The van der Waals surface area contributed by atoms with Gasteiger partial charge in [0.1, 0.15) is 5.75 Å². The number of alkyl halides is 2. The van der Waals surface area contributed by atoms with E-state index in [1.807, 2.05) is 37.3 Å². The lowest BCUT2D eigenvalue weighted by atomic mass is 10.1. The fraction of sp³-hybridized carbons (Fsp3) is 0.278. The van der Waals surface area contributed by atoms with Gasteiger partial charge in [0, 0.05) is 19.2 Å². The van der Waals surface area contributed by atoms with Crippen molar-refractivity contribution in [3.63, 3.8) is 0 Å². The molecule has 0 heterocycles. The second kappa shape index (κ2) is 10.9. The molecular weight excluding hydrogens is 439 g/mol. The van der Waals surface area contributed by atoms with E-state index in [0.29, 0.717) is 18.1 Å². The third-order valence-electron chi connectivity index (χ3n) is 3.51. The van der Waals surface area contributed by atoms with Gasteiger partial charge >= 0.3 is 6.61 Å². The van der Waals surface area contributed by atoms with Crippen LogP contribution in [0.5, 0.6) is 5.75 Å². The van der Waals surface area contributed by atoms with Crippen LogP contribution in [0.25, 0.3) is 0 Å². The quantitative estimate of drug-likeness (QED) is 0.383. The minimum absolute atomic E-state index is 0. The largest absolute Gasteiger partial charge is 0.434 e. The fourth-order valence-corrected chi connectivity index (χ4v) is 2.26. The number of hydrogen-bond acceptors (Lipinski definition) is 2. The highest BCUT2D eigenvalue weighted by atomic mass is 127. The van der Waals surface area contributed by atoms with Crippen molar-refractivity contribution in [1.29, 1.82) is 0 Å². The van der Waals surface area contributed by atoms with Crippen LogP contribution in [-0.2, 0) is 6.54 Å². The van der Waals surface area contributed by atoms with Gasteiger partial charge in [-0.3, -0.25) is 4.99 Å². The molecule has 0 amide bonds. The molecule has 2 rings (SSSR count). The summed E-state index contributed by atoms with van der Waals surface area (Å²) in [7, 11) is 1.66. The van der Waals surface area contributed by atoms with Crippen LogP contribution in [0.1, 0.15) is 24.1 Å². The molecule has 7 heteroatoms. The molecule has 1 atom stereocenters. The molecule has 2 aromatic carbocycles. The molecule has 0 bridgehead atoms. The predicted molar refractivity (Wildman–Crippen MR) is 107 cm³/mol. The van der Waals surface area contributed by atoms with Crippen molar-refractivity contribution in [3.8, 4) is 5.75 Å². The maximum Gasteiger partial charge on any atom is 0.387 e. The Bertz CT molecular complexity index is 668. The Kier molecular flexibility index (Phi) is 9.18. The maximum absolute atomic E-state index is 12.4. The van der Waals surface area contributed by atoms with Gasteiger partial charge in [-0.15, -0.1) is 24.0 Å². The Morgan fingerprint density at radius 3 is 2.36 bits per heavy atom. The average Bonchev–Trinajstić information content (AvgIpc) is 2.59. The fourth-order valence-electron chi connectivity index (χ4n) is 2.26. The van der Waals surface area contributed by atoms with Gasteiger partial charge in [-0.05, 0) is 18.6 Å². The van der Waals surface area contributed by atoms with E-state index < -0.39 is 6.61 Å². The number of aliphatic imine (C=N–C) groups is 1. The molecule has 2 N–H and O–H groups in total. The second-order valence-corrected chi connectivity index (χ2v) is 5.19.